The summed E-state index contributed by atoms with van der Waals surface area (Å²) < 4.78 is 90.8. The van der Waals surface area contributed by atoms with Gasteiger partial charge in [0.15, 0.2) is 0 Å². The van der Waals surface area contributed by atoms with Crippen molar-refractivity contribution in [3.8, 4) is 0 Å². The van der Waals surface area contributed by atoms with E-state index in [0.717, 1.165) is 6.08 Å². The predicted molar refractivity (Wildman–Crippen MR) is 86.6 cm³/mol. The summed E-state index contributed by atoms with van der Waals surface area (Å²) in [4.78, 5) is 3.49. The van der Waals surface area contributed by atoms with E-state index in [-0.39, 0.29) is 5.15 Å². The zero-order chi connectivity index (χ0) is 20.0. The van der Waals surface area contributed by atoms with Crippen LogP contribution in [-0.4, -0.2) is 22.3 Å². The fraction of sp³-hybridized carbons (Fsp3) is 0.438. The quantitative estimate of drug-likeness (QED) is 0.395. The Morgan fingerprint density at radius 3 is 2.31 bits per heavy atom. The molecule has 0 saturated carbocycles. The number of nitrogens with zero attached hydrogens (tertiary/aromatic N) is 1. The summed E-state index contributed by atoms with van der Waals surface area (Å²) >= 11 is 5.21. The molecule has 1 aliphatic rings. The minimum Gasteiger partial charge on any atom is -0.244 e. The molecule has 0 spiro atoms. The van der Waals surface area contributed by atoms with E-state index >= 15 is 0 Å². The molecule has 0 amide bonds. The van der Waals surface area contributed by atoms with E-state index in [1.165, 1.54) is 12.3 Å². The van der Waals surface area contributed by atoms with E-state index in [1.54, 1.807) is 26.0 Å². The Bertz CT molecular complexity index is 757. The van der Waals surface area contributed by atoms with Crippen molar-refractivity contribution in [2.24, 2.45) is 0 Å². The molecule has 0 aromatic carbocycles. The van der Waals surface area contributed by atoms with Crippen LogP contribution in [0.4, 0.5) is 30.7 Å². The summed E-state index contributed by atoms with van der Waals surface area (Å²) in [7, 11) is 0. The van der Waals surface area contributed by atoms with Gasteiger partial charge in [-0.2, -0.15) is 30.7 Å². The molecular formula is C16H13ClF7NS. The van der Waals surface area contributed by atoms with E-state index in [9.17, 15) is 30.7 Å². The second-order valence-corrected chi connectivity index (χ2v) is 7.71. The first-order valence-corrected chi connectivity index (χ1v) is 8.41. The first-order valence-electron chi connectivity index (χ1n) is 7.22. The van der Waals surface area contributed by atoms with Crippen molar-refractivity contribution in [3.05, 3.63) is 51.7 Å². The van der Waals surface area contributed by atoms with Crippen LogP contribution in [0.1, 0.15) is 25.8 Å². The lowest BCUT2D eigenvalue weighted by molar-refractivity contribution is -0.330. The van der Waals surface area contributed by atoms with Crippen molar-refractivity contribution >= 4 is 23.4 Å². The molecule has 0 aliphatic heterocycles. The zero-order valence-corrected chi connectivity index (χ0v) is 15.0. The predicted octanol–water partition coefficient (Wildman–Crippen LogP) is 6.75. The van der Waals surface area contributed by atoms with Gasteiger partial charge < -0.3 is 0 Å². The summed E-state index contributed by atoms with van der Waals surface area (Å²) in [6.45, 7) is 3.18. The van der Waals surface area contributed by atoms with Crippen LogP contribution in [0.5, 0.6) is 0 Å². The lowest BCUT2D eigenvalue weighted by Gasteiger charge is -2.33. The van der Waals surface area contributed by atoms with Crippen LogP contribution < -0.4 is 0 Å². The van der Waals surface area contributed by atoms with E-state index < -0.39 is 39.4 Å². The Kier molecular flexibility index (Phi) is 5.47. The molecule has 1 aliphatic carbocycles. The minimum absolute atomic E-state index is 0.0951. The molecule has 0 N–H and O–H groups in total. The summed E-state index contributed by atoms with van der Waals surface area (Å²) in [5, 5.41) is -5.28. The van der Waals surface area contributed by atoms with Crippen LogP contribution in [-0.2, 0) is 5.41 Å². The topological polar surface area (TPSA) is 12.9 Å². The molecule has 0 fully saturated rings. The lowest BCUT2D eigenvalue weighted by atomic mass is 9.75. The normalized spacial score (nSPS) is 22.1. The Morgan fingerprint density at radius 2 is 1.77 bits per heavy atom. The maximum atomic E-state index is 13.7. The van der Waals surface area contributed by atoms with Gasteiger partial charge in [0.25, 0.3) is 0 Å². The third kappa shape index (κ3) is 3.88. The van der Waals surface area contributed by atoms with Crippen LogP contribution >= 0.6 is 23.4 Å². The van der Waals surface area contributed by atoms with Crippen LogP contribution in [0.2, 0.25) is 5.15 Å². The van der Waals surface area contributed by atoms with E-state index in [0.29, 0.717) is 17.6 Å². The number of allylic oxidation sites excluding steroid dienone is 3. The summed E-state index contributed by atoms with van der Waals surface area (Å²) in [5.74, 6) is -6.17. The first-order chi connectivity index (χ1) is 11.7. The third-order valence-electron chi connectivity index (χ3n) is 3.84. The van der Waals surface area contributed by atoms with Gasteiger partial charge in [-0.05, 0) is 42.8 Å². The van der Waals surface area contributed by atoms with Crippen LogP contribution in [0.15, 0.2) is 41.0 Å². The van der Waals surface area contributed by atoms with Crippen molar-refractivity contribution in [1.82, 2.24) is 4.98 Å². The number of alkyl halides is 7. The van der Waals surface area contributed by atoms with Gasteiger partial charge in [-0.1, -0.05) is 36.2 Å². The molecule has 1 nitrogen and oxygen atoms in total. The molecule has 1 aromatic heterocycles. The monoisotopic (exact) mass is 419 g/mol. The number of hydrogen-bond donors (Lipinski definition) is 0. The minimum atomic E-state index is -6.37. The molecule has 26 heavy (non-hydrogen) atoms. The van der Waals surface area contributed by atoms with Gasteiger partial charge in [0, 0.05) is 16.5 Å². The molecule has 0 radical (unpaired) electrons. The maximum absolute atomic E-state index is 13.7. The summed E-state index contributed by atoms with van der Waals surface area (Å²) in [6, 6.07) is 3.16. The fourth-order valence-electron chi connectivity index (χ4n) is 2.70. The highest BCUT2D eigenvalue weighted by Crippen LogP contribution is 2.55. The van der Waals surface area contributed by atoms with Crippen molar-refractivity contribution in [2.75, 3.05) is 0 Å². The highest BCUT2D eigenvalue weighted by Gasteiger charge is 2.73. The van der Waals surface area contributed by atoms with Gasteiger partial charge in [0.1, 0.15) is 5.15 Å². The van der Waals surface area contributed by atoms with E-state index in [2.05, 4.69) is 4.98 Å². The second kappa shape index (κ2) is 6.74. The van der Waals surface area contributed by atoms with Gasteiger partial charge in [0.2, 0.25) is 0 Å². The Morgan fingerprint density at radius 1 is 1.15 bits per heavy atom. The Hall–Kier alpha value is -1.22. The number of halogens is 8. The van der Waals surface area contributed by atoms with Gasteiger partial charge in [-0.3, -0.25) is 0 Å². The van der Waals surface area contributed by atoms with Gasteiger partial charge in [-0.15, -0.1) is 0 Å². The molecule has 10 heteroatoms. The molecule has 0 bridgehead atoms. The van der Waals surface area contributed by atoms with Crippen LogP contribution in [0.3, 0.4) is 0 Å². The number of thioether (sulfide) groups is 1. The van der Waals surface area contributed by atoms with Crippen LogP contribution in [0.25, 0.3) is 0 Å². The molecular weight excluding hydrogens is 407 g/mol. The molecule has 1 atom stereocenters. The average Bonchev–Trinajstić information content (AvgIpc) is 2.44. The molecule has 1 unspecified atom stereocenters. The molecule has 0 saturated heterocycles. The maximum Gasteiger partial charge on any atom is 0.460 e. The number of rotatable bonds is 4. The smallest absolute Gasteiger partial charge is 0.244 e. The Labute approximate surface area is 154 Å². The number of pyridine rings is 1. The SMILES string of the molecule is CC1=CC(SC(F)(F)C(F)(F)C(F)(F)F)=CC(C)(c2cccnc2Cl)C1. The lowest BCUT2D eigenvalue weighted by Crippen LogP contribution is -2.50. The zero-order valence-electron chi connectivity index (χ0n) is 13.5. The summed E-state index contributed by atoms with van der Waals surface area (Å²) in [5.41, 5.74) is 0.0116. The fourth-order valence-corrected chi connectivity index (χ4v) is 4.16. The standard InChI is InChI=1S/C16H13ClF7NS/c1-9-6-10(26-16(23,24)14(18,19)15(20,21)22)8-13(2,7-9)11-4-3-5-25-12(11)17/h3-6,8H,7H2,1-2H3. The molecule has 2 rings (SSSR count). The number of aromatic nitrogens is 1. The van der Waals surface area contributed by atoms with Gasteiger partial charge in [0.05, 0.1) is 0 Å². The highest BCUT2D eigenvalue weighted by molar-refractivity contribution is 8.04. The largest absolute Gasteiger partial charge is 0.460 e. The highest BCUT2D eigenvalue weighted by atomic mass is 35.5. The molecule has 1 aromatic rings. The van der Waals surface area contributed by atoms with E-state index in [4.69, 9.17) is 11.6 Å². The second-order valence-electron chi connectivity index (χ2n) is 6.16. The third-order valence-corrected chi connectivity index (χ3v) is 5.12. The average molecular weight is 420 g/mol. The number of hydrogen-bond acceptors (Lipinski definition) is 2. The van der Waals surface area contributed by atoms with Crippen molar-refractivity contribution in [2.45, 2.75) is 43.0 Å². The summed E-state index contributed by atoms with van der Waals surface area (Å²) in [6.07, 6.45) is -2.25. The van der Waals surface area contributed by atoms with Crippen molar-refractivity contribution < 1.29 is 30.7 Å². The van der Waals surface area contributed by atoms with E-state index in [1.807, 2.05) is 0 Å². The van der Waals surface area contributed by atoms with Gasteiger partial charge in [-0.25, -0.2) is 4.98 Å². The molecule has 144 valence electrons. The molecule has 1 heterocycles. The van der Waals surface area contributed by atoms with Crippen molar-refractivity contribution in [3.63, 3.8) is 0 Å². The first kappa shape index (κ1) is 21.1. The van der Waals surface area contributed by atoms with Gasteiger partial charge >= 0.3 is 17.4 Å². The Balaban J connectivity index is 2.43. The van der Waals surface area contributed by atoms with Crippen molar-refractivity contribution in [1.29, 1.82) is 0 Å². The van der Waals surface area contributed by atoms with Crippen LogP contribution in [0, 0.1) is 0 Å².